The van der Waals surface area contributed by atoms with E-state index < -0.39 is 47.6 Å². The first kappa shape index (κ1) is 38.9. The Morgan fingerprint density at radius 3 is 2.40 bits per heavy atom. The number of carbonyl (C=O) groups is 2. The van der Waals surface area contributed by atoms with Crippen LogP contribution in [0.15, 0.2) is 42.5 Å². The van der Waals surface area contributed by atoms with E-state index in [1.54, 1.807) is 46.8 Å². The minimum Gasteiger partial charge on any atom is -0.497 e. The van der Waals surface area contributed by atoms with Gasteiger partial charge < -0.3 is 33.5 Å². The summed E-state index contributed by atoms with van der Waals surface area (Å²) in [6.07, 6.45) is -4.09. The third-order valence-electron chi connectivity index (χ3n) is 8.06. The van der Waals surface area contributed by atoms with Crippen LogP contribution in [0.3, 0.4) is 0 Å². The summed E-state index contributed by atoms with van der Waals surface area (Å²) in [4.78, 5) is 30.2. The molecule has 2 aromatic carbocycles. The molecule has 1 heterocycles. The van der Waals surface area contributed by atoms with Crippen molar-refractivity contribution in [1.29, 1.82) is 0 Å². The third kappa shape index (κ3) is 11.9. The minimum absolute atomic E-state index is 0.0319. The van der Waals surface area contributed by atoms with E-state index in [4.69, 9.17) is 23.7 Å². The van der Waals surface area contributed by atoms with Crippen molar-refractivity contribution in [1.82, 2.24) is 9.80 Å². The van der Waals surface area contributed by atoms with E-state index in [2.05, 4.69) is 0 Å². The molecule has 12 heteroatoms. The summed E-state index contributed by atoms with van der Waals surface area (Å²) in [5, 5.41) is 0. The summed E-state index contributed by atoms with van der Waals surface area (Å²) >= 11 is 0. The molecule has 0 saturated heterocycles. The Morgan fingerprint density at radius 2 is 1.77 bits per heavy atom. The van der Waals surface area contributed by atoms with Gasteiger partial charge in [-0.1, -0.05) is 19.1 Å². The number of carbonyl (C=O) groups excluding carboxylic acids is 2. The molecule has 0 aromatic heterocycles. The highest BCUT2D eigenvalue weighted by Crippen LogP contribution is 2.35. The molecule has 0 N–H and O–H groups in total. The summed E-state index contributed by atoms with van der Waals surface area (Å²) in [5.41, 5.74) is -0.625. The monoisotopic (exact) mass is 680 g/mol. The smallest absolute Gasteiger partial charge is 0.416 e. The number of hydrogen-bond donors (Lipinski definition) is 0. The van der Waals surface area contributed by atoms with Crippen LogP contribution in [0.1, 0.15) is 82.3 Å². The SMILES string of the molecule is COc1ccc(COC[C@H](C)N2C[C@@H](C)[C@H](CN(C)C(=O)OC(C)(C)C)OCCCC[C@H](C)Oc3cc(C(F)(F)F)ccc3C2=O)cc1. The van der Waals surface area contributed by atoms with Crippen LogP contribution in [0.5, 0.6) is 11.5 Å². The second kappa shape index (κ2) is 17.2. The number of fused-ring (bicyclic) bond motifs is 1. The summed E-state index contributed by atoms with van der Waals surface area (Å²) in [6, 6.07) is 9.94. The van der Waals surface area contributed by atoms with Crippen molar-refractivity contribution >= 4 is 12.0 Å². The lowest BCUT2D eigenvalue weighted by atomic mass is 10.0. The zero-order chi connectivity index (χ0) is 35.6. The number of benzene rings is 2. The molecule has 0 saturated carbocycles. The average Bonchev–Trinajstić information content (AvgIpc) is 3.01. The molecule has 2 amide bonds. The van der Waals surface area contributed by atoms with Gasteiger partial charge in [0.2, 0.25) is 0 Å². The van der Waals surface area contributed by atoms with Crippen LogP contribution in [-0.2, 0) is 27.0 Å². The Balaban J connectivity index is 1.94. The molecule has 48 heavy (non-hydrogen) atoms. The quantitative estimate of drug-likeness (QED) is 0.284. The zero-order valence-corrected chi connectivity index (χ0v) is 29.4. The maximum Gasteiger partial charge on any atom is 0.416 e. The summed E-state index contributed by atoms with van der Waals surface area (Å²) in [5.74, 6) is -0.172. The normalized spacial score (nSPS) is 20.6. The standard InChI is InChI=1S/C36H51F3N2O7/c1-24-20-41(25(2)22-45-23-27-12-15-29(44-8)16-13-27)33(42)30-17-14-28(36(37,38)39)19-31(30)47-26(3)11-9-10-18-46-32(24)21-40(7)34(43)48-35(4,5)6/h12-17,19,24-26,32H,9-11,18,20-23H2,1-8H3/t24-,25+,26+,32+/m1/s1. The highest BCUT2D eigenvalue weighted by atomic mass is 19.4. The van der Waals surface area contributed by atoms with Crippen LogP contribution >= 0.6 is 0 Å². The van der Waals surface area contributed by atoms with Crippen molar-refractivity contribution in [3.63, 3.8) is 0 Å². The second-order valence-corrected chi connectivity index (χ2v) is 13.6. The number of methoxy groups -OCH3 is 1. The van der Waals surface area contributed by atoms with Crippen molar-refractivity contribution in [3.8, 4) is 11.5 Å². The first-order valence-electron chi connectivity index (χ1n) is 16.4. The Labute approximate surface area is 282 Å². The Morgan fingerprint density at radius 1 is 1.08 bits per heavy atom. The number of hydrogen-bond acceptors (Lipinski definition) is 7. The predicted molar refractivity (Wildman–Crippen MR) is 176 cm³/mol. The van der Waals surface area contributed by atoms with E-state index in [0.29, 0.717) is 25.9 Å². The van der Waals surface area contributed by atoms with Crippen LogP contribution in [0.25, 0.3) is 0 Å². The summed E-state index contributed by atoms with van der Waals surface area (Å²) in [6.45, 7) is 12.1. The topological polar surface area (TPSA) is 86.8 Å². The van der Waals surface area contributed by atoms with Gasteiger partial charge in [0.15, 0.2) is 0 Å². The second-order valence-electron chi connectivity index (χ2n) is 13.6. The molecule has 1 aliphatic rings. The van der Waals surface area contributed by atoms with Gasteiger partial charge in [0.25, 0.3) is 5.91 Å². The lowest BCUT2D eigenvalue weighted by Crippen LogP contribution is -2.48. The van der Waals surface area contributed by atoms with Gasteiger partial charge in [0.1, 0.15) is 17.1 Å². The van der Waals surface area contributed by atoms with Gasteiger partial charge >= 0.3 is 12.3 Å². The van der Waals surface area contributed by atoms with Crippen LogP contribution in [-0.4, -0.2) is 86.1 Å². The number of nitrogens with zero attached hydrogens (tertiary/aromatic N) is 2. The zero-order valence-electron chi connectivity index (χ0n) is 29.4. The first-order chi connectivity index (χ1) is 22.5. The molecule has 0 unspecified atom stereocenters. The van der Waals surface area contributed by atoms with E-state index >= 15 is 0 Å². The number of rotatable bonds is 8. The maximum atomic E-state index is 14.3. The van der Waals surface area contributed by atoms with Gasteiger partial charge in [-0.2, -0.15) is 13.2 Å². The maximum absolute atomic E-state index is 14.3. The van der Waals surface area contributed by atoms with Crippen molar-refractivity contribution in [3.05, 3.63) is 59.2 Å². The lowest BCUT2D eigenvalue weighted by Gasteiger charge is -2.36. The highest BCUT2D eigenvalue weighted by molar-refractivity contribution is 5.97. The molecule has 0 radical (unpaired) electrons. The molecule has 0 spiro atoms. The van der Waals surface area contributed by atoms with Gasteiger partial charge in [-0.3, -0.25) is 4.79 Å². The number of amides is 2. The van der Waals surface area contributed by atoms with Gasteiger partial charge in [0, 0.05) is 26.1 Å². The molecule has 0 fully saturated rings. The van der Waals surface area contributed by atoms with Crippen LogP contribution in [0.2, 0.25) is 0 Å². The van der Waals surface area contributed by atoms with E-state index in [1.807, 2.05) is 38.1 Å². The van der Waals surface area contributed by atoms with Crippen LogP contribution < -0.4 is 9.47 Å². The molecule has 3 rings (SSSR count). The highest BCUT2D eigenvalue weighted by Gasteiger charge is 2.35. The Bertz CT molecular complexity index is 1330. The number of ether oxygens (including phenoxy) is 5. The molecule has 2 aromatic rings. The van der Waals surface area contributed by atoms with Crippen LogP contribution in [0.4, 0.5) is 18.0 Å². The molecular formula is C36H51F3N2O7. The van der Waals surface area contributed by atoms with Crippen molar-refractivity contribution < 1.29 is 46.4 Å². The van der Waals surface area contributed by atoms with Gasteiger partial charge in [-0.05, 0) is 89.8 Å². The fourth-order valence-electron chi connectivity index (χ4n) is 5.30. The minimum atomic E-state index is -4.61. The first-order valence-corrected chi connectivity index (χ1v) is 16.4. The molecule has 0 aliphatic carbocycles. The van der Waals surface area contributed by atoms with E-state index in [-0.39, 0.29) is 43.5 Å². The fourth-order valence-corrected chi connectivity index (χ4v) is 5.30. The van der Waals surface area contributed by atoms with Crippen LogP contribution in [0, 0.1) is 5.92 Å². The molecule has 4 atom stereocenters. The van der Waals surface area contributed by atoms with E-state index in [1.165, 1.54) is 11.0 Å². The van der Waals surface area contributed by atoms with Crippen molar-refractivity contribution in [2.75, 3.05) is 40.5 Å². The van der Waals surface area contributed by atoms with Crippen molar-refractivity contribution in [2.45, 2.75) is 97.4 Å². The van der Waals surface area contributed by atoms with Gasteiger partial charge in [0.05, 0.1) is 56.2 Å². The van der Waals surface area contributed by atoms with Crippen molar-refractivity contribution in [2.24, 2.45) is 5.92 Å². The largest absolute Gasteiger partial charge is 0.497 e. The Kier molecular flexibility index (Phi) is 14.0. The Hall–Kier alpha value is -3.51. The number of likely N-dealkylation sites (N-methyl/N-ethyl adjacent to an activating group) is 1. The van der Waals surface area contributed by atoms with E-state index in [0.717, 1.165) is 23.4 Å². The summed E-state index contributed by atoms with van der Waals surface area (Å²) in [7, 11) is 3.23. The molecule has 0 bridgehead atoms. The predicted octanol–water partition coefficient (Wildman–Crippen LogP) is 7.60. The van der Waals surface area contributed by atoms with E-state index in [9.17, 15) is 22.8 Å². The molecule has 1 aliphatic heterocycles. The molecule has 268 valence electrons. The number of halogens is 3. The average molecular weight is 681 g/mol. The molecule has 9 nitrogen and oxygen atoms in total. The number of alkyl halides is 3. The lowest BCUT2D eigenvalue weighted by molar-refractivity contribution is -0.137. The third-order valence-corrected chi connectivity index (χ3v) is 8.06. The summed E-state index contributed by atoms with van der Waals surface area (Å²) < 4.78 is 70.4. The van der Waals surface area contributed by atoms with Gasteiger partial charge in [-0.25, -0.2) is 4.79 Å². The fraction of sp³-hybridized carbons (Fsp3) is 0.611. The van der Waals surface area contributed by atoms with Gasteiger partial charge in [-0.15, -0.1) is 0 Å². The molecular weight excluding hydrogens is 629 g/mol.